The molecule has 3 heterocycles. The number of benzene rings is 1. The number of halogens is 3. The van der Waals surface area contributed by atoms with Gasteiger partial charge < -0.3 is 9.47 Å². The van der Waals surface area contributed by atoms with Gasteiger partial charge in [0.25, 0.3) is 0 Å². The molecule has 5 nitrogen and oxygen atoms in total. The van der Waals surface area contributed by atoms with Gasteiger partial charge in [-0.2, -0.15) is 13.2 Å². The van der Waals surface area contributed by atoms with Crippen LogP contribution in [0.1, 0.15) is 18.4 Å². The van der Waals surface area contributed by atoms with Crippen LogP contribution in [-0.4, -0.2) is 38.4 Å². The van der Waals surface area contributed by atoms with E-state index in [1.54, 1.807) is 29.1 Å². The number of likely N-dealkylation sites (tertiary alicyclic amines) is 1. The molecule has 0 bridgehead atoms. The van der Waals surface area contributed by atoms with Gasteiger partial charge in [-0.15, -0.1) is 0 Å². The molecule has 1 saturated heterocycles. The van der Waals surface area contributed by atoms with E-state index < -0.39 is 11.7 Å². The molecule has 1 amide bonds. The molecular formula is C19H17F3N4O. The zero-order valence-corrected chi connectivity index (χ0v) is 14.4. The maximum atomic E-state index is 13.0. The molecule has 0 aliphatic carbocycles. The Balaban J connectivity index is 1.67. The number of amides is 1. The van der Waals surface area contributed by atoms with Crippen LogP contribution in [-0.2, 0) is 17.5 Å². The van der Waals surface area contributed by atoms with Gasteiger partial charge in [-0.05, 0) is 37.1 Å². The molecule has 4 rings (SSSR count). The van der Waals surface area contributed by atoms with Gasteiger partial charge >= 0.3 is 6.18 Å². The van der Waals surface area contributed by atoms with Crippen molar-refractivity contribution in [1.82, 2.24) is 19.4 Å². The molecule has 0 saturated carbocycles. The maximum Gasteiger partial charge on any atom is 0.416 e. The molecule has 2 aromatic heterocycles. The van der Waals surface area contributed by atoms with E-state index in [0.29, 0.717) is 22.4 Å². The van der Waals surface area contributed by atoms with E-state index in [2.05, 4.69) is 9.97 Å². The van der Waals surface area contributed by atoms with Crippen molar-refractivity contribution in [2.75, 3.05) is 13.1 Å². The van der Waals surface area contributed by atoms with Crippen LogP contribution in [0.3, 0.4) is 0 Å². The number of hydrogen-bond donors (Lipinski definition) is 0. The minimum absolute atomic E-state index is 0.00179. The Labute approximate surface area is 153 Å². The van der Waals surface area contributed by atoms with Gasteiger partial charge in [0.15, 0.2) is 5.65 Å². The van der Waals surface area contributed by atoms with Gasteiger partial charge in [0.2, 0.25) is 5.91 Å². The Morgan fingerprint density at radius 1 is 1.11 bits per heavy atom. The molecule has 8 heteroatoms. The number of nitrogens with zero attached hydrogens (tertiary/aromatic N) is 4. The number of hydrogen-bond acceptors (Lipinski definition) is 3. The standard InChI is InChI=1S/C19H17F3N4O/c20-19(21,22)14-5-3-4-13(10-14)15-6-7-16-18(24-15)26(12-23-16)11-17(27)25-8-1-2-9-25/h3-7,10,12H,1-2,8-9,11H2. The number of carbonyl (C=O) groups excluding carboxylic acids is 1. The van der Waals surface area contributed by atoms with E-state index in [0.717, 1.165) is 38.1 Å². The summed E-state index contributed by atoms with van der Waals surface area (Å²) in [4.78, 5) is 22.9. The fraction of sp³-hybridized carbons (Fsp3) is 0.316. The zero-order valence-electron chi connectivity index (χ0n) is 14.4. The van der Waals surface area contributed by atoms with Crippen LogP contribution < -0.4 is 0 Å². The molecule has 0 atom stereocenters. The van der Waals surface area contributed by atoms with E-state index >= 15 is 0 Å². The molecule has 140 valence electrons. The van der Waals surface area contributed by atoms with Crippen molar-refractivity contribution in [1.29, 1.82) is 0 Å². The largest absolute Gasteiger partial charge is 0.416 e. The summed E-state index contributed by atoms with van der Waals surface area (Å²) >= 11 is 0. The van der Waals surface area contributed by atoms with Gasteiger partial charge in [-0.1, -0.05) is 12.1 Å². The monoisotopic (exact) mass is 374 g/mol. The SMILES string of the molecule is O=C(Cn1cnc2ccc(-c3cccc(C(F)(F)F)c3)nc21)N1CCCC1. The fourth-order valence-corrected chi connectivity index (χ4v) is 3.28. The number of fused-ring (bicyclic) bond motifs is 1. The van der Waals surface area contributed by atoms with E-state index in [1.807, 2.05) is 4.90 Å². The first-order chi connectivity index (χ1) is 12.9. The number of rotatable bonds is 3. The lowest BCUT2D eigenvalue weighted by Gasteiger charge is -2.15. The second-order valence-corrected chi connectivity index (χ2v) is 6.58. The van der Waals surface area contributed by atoms with Gasteiger partial charge in [0, 0.05) is 18.7 Å². The molecular weight excluding hydrogens is 357 g/mol. The molecule has 1 aromatic carbocycles. The molecule has 3 aromatic rings. The summed E-state index contributed by atoms with van der Waals surface area (Å²) < 4.78 is 40.5. The Morgan fingerprint density at radius 2 is 1.89 bits per heavy atom. The first-order valence-corrected chi connectivity index (χ1v) is 8.69. The Kier molecular flexibility index (Phi) is 4.33. The maximum absolute atomic E-state index is 13.0. The van der Waals surface area contributed by atoms with Crippen molar-refractivity contribution < 1.29 is 18.0 Å². The number of pyridine rings is 1. The summed E-state index contributed by atoms with van der Waals surface area (Å²) in [6, 6.07) is 8.38. The smallest absolute Gasteiger partial charge is 0.341 e. The molecule has 0 unspecified atom stereocenters. The van der Waals surface area contributed by atoms with Crippen molar-refractivity contribution >= 4 is 17.1 Å². The average Bonchev–Trinajstić information content (AvgIpc) is 3.31. The number of imidazole rings is 1. The molecule has 1 aliphatic heterocycles. The van der Waals surface area contributed by atoms with Crippen LogP contribution in [0.25, 0.3) is 22.4 Å². The highest BCUT2D eigenvalue weighted by Crippen LogP contribution is 2.32. The molecule has 1 fully saturated rings. The van der Waals surface area contributed by atoms with Crippen molar-refractivity contribution in [3.05, 3.63) is 48.3 Å². The van der Waals surface area contributed by atoms with Crippen molar-refractivity contribution in [2.24, 2.45) is 0 Å². The van der Waals surface area contributed by atoms with Gasteiger partial charge in [-0.25, -0.2) is 9.97 Å². The first-order valence-electron chi connectivity index (χ1n) is 8.69. The quantitative estimate of drug-likeness (QED) is 0.702. The predicted molar refractivity (Wildman–Crippen MR) is 93.8 cm³/mol. The number of carbonyl (C=O) groups is 1. The number of aromatic nitrogens is 3. The third kappa shape index (κ3) is 3.51. The normalized spacial score (nSPS) is 14.9. The average molecular weight is 374 g/mol. The second kappa shape index (κ2) is 6.68. The van der Waals surface area contributed by atoms with Gasteiger partial charge in [-0.3, -0.25) is 4.79 Å². The number of alkyl halides is 3. The third-order valence-corrected chi connectivity index (χ3v) is 4.71. The highest BCUT2D eigenvalue weighted by Gasteiger charge is 2.30. The van der Waals surface area contributed by atoms with E-state index in [-0.39, 0.29) is 12.5 Å². The first kappa shape index (κ1) is 17.5. The molecule has 27 heavy (non-hydrogen) atoms. The van der Waals surface area contributed by atoms with Crippen molar-refractivity contribution in [2.45, 2.75) is 25.6 Å². The van der Waals surface area contributed by atoms with E-state index in [1.165, 1.54) is 6.07 Å². The lowest BCUT2D eigenvalue weighted by atomic mass is 10.1. The fourth-order valence-electron chi connectivity index (χ4n) is 3.28. The van der Waals surface area contributed by atoms with Crippen LogP contribution in [0.4, 0.5) is 13.2 Å². The minimum Gasteiger partial charge on any atom is -0.341 e. The molecule has 0 radical (unpaired) electrons. The van der Waals surface area contributed by atoms with Crippen LogP contribution in [0, 0.1) is 0 Å². The molecule has 0 N–H and O–H groups in total. The Hall–Kier alpha value is -2.90. The van der Waals surface area contributed by atoms with Crippen molar-refractivity contribution in [3.63, 3.8) is 0 Å². The van der Waals surface area contributed by atoms with E-state index in [4.69, 9.17) is 0 Å². The van der Waals surface area contributed by atoms with Crippen LogP contribution >= 0.6 is 0 Å². The molecule has 1 aliphatic rings. The summed E-state index contributed by atoms with van der Waals surface area (Å²) in [5.41, 5.74) is 1.13. The van der Waals surface area contributed by atoms with Crippen LogP contribution in [0.2, 0.25) is 0 Å². The Bertz CT molecular complexity index is 990. The molecule has 0 spiro atoms. The van der Waals surface area contributed by atoms with E-state index in [9.17, 15) is 18.0 Å². The van der Waals surface area contributed by atoms with Gasteiger partial charge in [0.1, 0.15) is 12.1 Å². The summed E-state index contributed by atoms with van der Waals surface area (Å²) in [5.74, 6) is -0.00179. The topological polar surface area (TPSA) is 51.0 Å². The predicted octanol–water partition coefficient (Wildman–Crippen LogP) is 3.74. The highest BCUT2D eigenvalue weighted by atomic mass is 19.4. The summed E-state index contributed by atoms with van der Waals surface area (Å²) in [5, 5.41) is 0. The van der Waals surface area contributed by atoms with Crippen LogP contribution in [0.5, 0.6) is 0 Å². The summed E-state index contributed by atoms with van der Waals surface area (Å²) in [7, 11) is 0. The minimum atomic E-state index is -4.41. The van der Waals surface area contributed by atoms with Gasteiger partial charge in [0.05, 0.1) is 17.6 Å². The zero-order chi connectivity index (χ0) is 19.0. The summed E-state index contributed by atoms with van der Waals surface area (Å²) in [6.07, 6.45) is -0.853. The second-order valence-electron chi connectivity index (χ2n) is 6.58. The highest BCUT2D eigenvalue weighted by molar-refractivity contribution is 5.80. The lowest BCUT2D eigenvalue weighted by molar-refractivity contribution is -0.137. The van der Waals surface area contributed by atoms with Crippen LogP contribution in [0.15, 0.2) is 42.7 Å². The summed E-state index contributed by atoms with van der Waals surface area (Å²) in [6.45, 7) is 1.64. The Morgan fingerprint density at radius 3 is 2.63 bits per heavy atom. The lowest BCUT2D eigenvalue weighted by Crippen LogP contribution is -2.30. The van der Waals surface area contributed by atoms with Crippen molar-refractivity contribution in [3.8, 4) is 11.3 Å². The third-order valence-electron chi connectivity index (χ3n) is 4.71.